The fourth-order valence-electron chi connectivity index (χ4n) is 4.12. The molecule has 1 aliphatic rings. The van der Waals surface area contributed by atoms with Crippen molar-refractivity contribution in [2.45, 2.75) is 65.2 Å². The largest absolute Gasteiger partial charge is 0.0642 e. The van der Waals surface area contributed by atoms with Crippen LogP contribution in [0.25, 0.3) is 0 Å². The highest BCUT2D eigenvalue weighted by atomic mass is 14.4. The summed E-state index contributed by atoms with van der Waals surface area (Å²) in [7, 11) is 0. The summed E-state index contributed by atoms with van der Waals surface area (Å²) in [6.45, 7) is 11.6. The third-order valence-corrected chi connectivity index (χ3v) is 6.38. The van der Waals surface area contributed by atoms with E-state index < -0.39 is 0 Å². The highest BCUT2D eigenvalue weighted by Gasteiger charge is 2.40. The molecule has 0 nitrogen and oxygen atoms in total. The van der Waals surface area contributed by atoms with Crippen molar-refractivity contribution in [3.05, 3.63) is 70.8 Å². The van der Waals surface area contributed by atoms with Crippen molar-refractivity contribution in [2.24, 2.45) is 11.8 Å². The predicted octanol–water partition coefficient (Wildman–Crippen LogP) is 6.72. The molecule has 24 heavy (non-hydrogen) atoms. The number of hydrogen-bond donors (Lipinski definition) is 0. The van der Waals surface area contributed by atoms with Crippen molar-refractivity contribution in [3.8, 4) is 0 Å². The Morgan fingerprint density at radius 2 is 1.46 bits per heavy atom. The molecule has 3 atom stereocenters. The van der Waals surface area contributed by atoms with Gasteiger partial charge in [-0.25, -0.2) is 0 Å². The average molecular weight is 321 g/mol. The van der Waals surface area contributed by atoms with E-state index in [4.69, 9.17) is 0 Å². The molecule has 0 aromatic heterocycles. The van der Waals surface area contributed by atoms with Crippen LogP contribution in [0.5, 0.6) is 0 Å². The third kappa shape index (κ3) is 3.16. The molecule has 0 spiro atoms. The molecule has 3 unspecified atom stereocenters. The first-order chi connectivity index (χ1) is 11.5. The summed E-state index contributed by atoms with van der Waals surface area (Å²) in [5, 5.41) is 0. The molecule has 128 valence electrons. The second-order valence-corrected chi connectivity index (χ2v) is 8.11. The van der Waals surface area contributed by atoms with Crippen molar-refractivity contribution in [1.29, 1.82) is 0 Å². The molecular formula is C24H32. The molecule has 2 aromatic rings. The second-order valence-electron chi connectivity index (χ2n) is 8.11. The SMILES string of the molecule is CCc1ccc(C(C)(CC)c2ccc(C3CC3C(C)C)cc2)cc1. The van der Waals surface area contributed by atoms with Gasteiger partial charge in [0.2, 0.25) is 0 Å². The fourth-order valence-corrected chi connectivity index (χ4v) is 4.12. The van der Waals surface area contributed by atoms with Crippen LogP contribution in [-0.2, 0) is 11.8 Å². The lowest BCUT2D eigenvalue weighted by Crippen LogP contribution is -2.22. The summed E-state index contributed by atoms with van der Waals surface area (Å²) in [4.78, 5) is 0. The van der Waals surface area contributed by atoms with Gasteiger partial charge in [0.05, 0.1) is 0 Å². The van der Waals surface area contributed by atoms with E-state index in [9.17, 15) is 0 Å². The standard InChI is InChI=1S/C24H32/c1-6-18-8-12-20(13-9-18)24(5,7-2)21-14-10-19(11-15-21)23-16-22(23)17(3)4/h8-15,17,22-23H,6-7,16H2,1-5H3. The van der Waals surface area contributed by atoms with Gasteiger partial charge in [-0.1, -0.05) is 83.1 Å². The van der Waals surface area contributed by atoms with Crippen LogP contribution >= 0.6 is 0 Å². The zero-order valence-electron chi connectivity index (χ0n) is 16.0. The molecule has 0 radical (unpaired) electrons. The van der Waals surface area contributed by atoms with Crippen molar-refractivity contribution >= 4 is 0 Å². The maximum absolute atomic E-state index is 2.39. The Morgan fingerprint density at radius 1 is 0.917 bits per heavy atom. The molecule has 0 N–H and O–H groups in total. The molecule has 0 heteroatoms. The Morgan fingerprint density at radius 3 is 1.88 bits per heavy atom. The van der Waals surface area contributed by atoms with E-state index in [1.807, 2.05) is 0 Å². The second kappa shape index (κ2) is 6.75. The Kier molecular flexibility index (Phi) is 4.85. The first-order valence-corrected chi connectivity index (χ1v) is 9.69. The molecule has 0 bridgehead atoms. The van der Waals surface area contributed by atoms with Gasteiger partial charge in [-0.2, -0.15) is 0 Å². The van der Waals surface area contributed by atoms with Crippen LogP contribution in [0.1, 0.15) is 75.6 Å². The summed E-state index contributed by atoms with van der Waals surface area (Å²) < 4.78 is 0. The Hall–Kier alpha value is -1.56. The molecule has 3 rings (SSSR count). The summed E-state index contributed by atoms with van der Waals surface area (Å²) in [6, 6.07) is 18.7. The number of hydrogen-bond acceptors (Lipinski definition) is 0. The quantitative estimate of drug-likeness (QED) is 0.554. The van der Waals surface area contributed by atoms with Crippen molar-refractivity contribution in [1.82, 2.24) is 0 Å². The van der Waals surface area contributed by atoms with Gasteiger partial charge in [0.1, 0.15) is 0 Å². The lowest BCUT2D eigenvalue weighted by molar-refractivity contribution is 0.545. The normalized spacial score (nSPS) is 22.4. The van der Waals surface area contributed by atoms with E-state index in [2.05, 4.69) is 83.1 Å². The highest BCUT2D eigenvalue weighted by molar-refractivity contribution is 5.41. The fraction of sp³-hybridized carbons (Fsp3) is 0.500. The molecule has 0 heterocycles. The van der Waals surface area contributed by atoms with Gasteiger partial charge in [0.15, 0.2) is 0 Å². The van der Waals surface area contributed by atoms with E-state index in [1.165, 1.54) is 28.7 Å². The van der Waals surface area contributed by atoms with E-state index in [0.29, 0.717) is 0 Å². The maximum Gasteiger partial charge on any atom is 0.0172 e. The van der Waals surface area contributed by atoms with Gasteiger partial charge in [-0.05, 0) is 59.3 Å². The lowest BCUT2D eigenvalue weighted by Gasteiger charge is -2.30. The highest BCUT2D eigenvalue weighted by Crippen LogP contribution is 2.52. The molecule has 0 aliphatic heterocycles. The van der Waals surface area contributed by atoms with Gasteiger partial charge < -0.3 is 0 Å². The van der Waals surface area contributed by atoms with E-state index in [0.717, 1.165) is 30.6 Å². The Balaban J connectivity index is 1.84. The van der Waals surface area contributed by atoms with Gasteiger partial charge >= 0.3 is 0 Å². The van der Waals surface area contributed by atoms with Gasteiger partial charge in [-0.3, -0.25) is 0 Å². The minimum Gasteiger partial charge on any atom is -0.0642 e. The monoisotopic (exact) mass is 320 g/mol. The van der Waals surface area contributed by atoms with Crippen molar-refractivity contribution < 1.29 is 0 Å². The van der Waals surface area contributed by atoms with E-state index in [-0.39, 0.29) is 5.41 Å². The van der Waals surface area contributed by atoms with Crippen LogP contribution < -0.4 is 0 Å². The van der Waals surface area contributed by atoms with E-state index >= 15 is 0 Å². The molecule has 1 fully saturated rings. The van der Waals surface area contributed by atoms with Crippen LogP contribution in [0, 0.1) is 11.8 Å². The number of aryl methyl sites for hydroxylation is 1. The molecule has 1 saturated carbocycles. The summed E-state index contributed by atoms with van der Waals surface area (Å²) in [6.07, 6.45) is 3.60. The van der Waals surface area contributed by atoms with Crippen LogP contribution in [0.2, 0.25) is 0 Å². The maximum atomic E-state index is 2.39. The lowest BCUT2D eigenvalue weighted by atomic mass is 9.74. The Labute approximate surface area is 148 Å². The van der Waals surface area contributed by atoms with Crippen LogP contribution in [0.15, 0.2) is 48.5 Å². The van der Waals surface area contributed by atoms with Crippen LogP contribution in [0.3, 0.4) is 0 Å². The molecule has 0 saturated heterocycles. The van der Waals surface area contributed by atoms with Crippen molar-refractivity contribution in [2.75, 3.05) is 0 Å². The third-order valence-electron chi connectivity index (χ3n) is 6.38. The summed E-state index contributed by atoms with van der Waals surface area (Å²) in [5.41, 5.74) is 5.94. The Bertz CT molecular complexity index is 662. The zero-order valence-corrected chi connectivity index (χ0v) is 16.0. The minimum absolute atomic E-state index is 0.103. The number of rotatable bonds is 6. The van der Waals surface area contributed by atoms with Crippen LogP contribution in [0.4, 0.5) is 0 Å². The van der Waals surface area contributed by atoms with Gasteiger partial charge in [-0.15, -0.1) is 0 Å². The summed E-state index contributed by atoms with van der Waals surface area (Å²) >= 11 is 0. The first kappa shape index (κ1) is 17.3. The smallest absolute Gasteiger partial charge is 0.0172 e. The molecule has 2 aromatic carbocycles. The average Bonchev–Trinajstić information content (AvgIpc) is 3.42. The van der Waals surface area contributed by atoms with Crippen LogP contribution in [-0.4, -0.2) is 0 Å². The predicted molar refractivity (Wildman–Crippen MR) is 105 cm³/mol. The minimum atomic E-state index is 0.103. The molecular weight excluding hydrogens is 288 g/mol. The molecule has 1 aliphatic carbocycles. The van der Waals surface area contributed by atoms with Gasteiger partial charge in [0.25, 0.3) is 0 Å². The van der Waals surface area contributed by atoms with Crippen molar-refractivity contribution in [3.63, 3.8) is 0 Å². The number of benzene rings is 2. The zero-order chi connectivity index (χ0) is 17.3. The first-order valence-electron chi connectivity index (χ1n) is 9.69. The van der Waals surface area contributed by atoms with E-state index in [1.54, 1.807) is 0 Å². The van der Waals surface area contributed by atoms with Gasteiger partial charge in [0, 0.05) is 5.41 Å². The topological polar surface area (TPSA) is 0 Å². The summed E-state index contributed by atoms with van der Waals surface area (Å²) in [5.74, 6) is 2.51. The molecule has 0 amide bonds.